The highest BCUT2D eigenvalue weighted by molar-refractivity contribution is 8.07. The molecule has 0 atom stereocenters. The van der Waals surface area contributed by atoms with Crippen molar-refractivity contribution in [1.82, 2.24) is 14.9 Å². The number of nitrogens with one attached hydrogen (secondary N) is 1. The summed E-state index contributed by atoms with van der Waals surface area (Å²) in [6, 6.07) is 1.88. The number of esters is 1. The zero-order chi connectivity index (χ0) is 29.1. The molecule has 38 heavy (non-hydrogen) atoms. The Morgan fingerprint density at radius 1 is 1.26 bits per heavy atom. The molecule has 2 aromatic rings. The topological polar surface area (TPSA) is 117 Å². The molecule has 0 unspecified atom stereocenters. The SMILES string of the molecule is C=CCn1c(SCC(=O)N/C(=C\C=O)S/C(=C/C)C(=O)OC)nc2sc(CCC)cc2c1=O.CC.COC. The van der Waals surface area contributed by atoms with Crippen LogP contribution in [-0.4, -0.2) is 54.8 Å². The molecule has 0 bridgehead atoms. The summed E-state index contributed by atoms with van der Waals surface area (Å²) >= 11 is 3.50. The lowest BCUT2D eigenvalue weighted by Crippen LogP contribution is -2.26. The van der Waals surface area contributed by atoms with E-state index in [2.05, 4.69) is 33.3 Å². The molecular weight excluding hydrogens is 547 g/mol. The Morgan fingerprint density at radius 2 is 1.92 bits per heavy atom. The summed E-state index contributed by atoms with van der Waals surface area (Å²) < 4.78 is 10.4. The molecule has 0 saturated carbocycles. The minimum Gasteiger partial charge on any atom is -0.465 e. The van der Waals surface area contributed by atoms with E-state index in [1.54, 1.807) is 27.2 Å². The Hall–Kier alpha value is -2.67. The Morgan fingerprint density at radius 3 is 2.45 bits per heavy atom. The molecule has 1 N–H and O–H groups in total. The molecule has 0 aliphatic heterocycles. The minimum absolute atomic E-state index is 0.0531. The fourth-order valence-corrected chi connectivity index (χ4v) is 5.51. The Bertz CT molecular complexity index is 1180. The van der Waals surface area contributed by atoms with Gasteiger partial charge in [-0.15, -0.1) is 17.9 Å². The van der Waals surface area contributed by atoms with Gasteiger partial charge in [0, 0.05) is 31.7 Å². The molecule has 210 valence electrons. The molecule has 2 aromatic heterocycles. The number of carbonyl (C=O) groups is 3. The van der Waals surface area contributed by atoms with Gasteiger partial charge in [-0.05, 0) is 19.4 Å². The maximum atomic E-state index is 13.0. The summed E-state index contributed by atoms with van der Waals surface area (Å²) in [5.74, 6) is -1.05. The summed E-state index contributed by atoms with van der Waals surface area (Å²) in [6.45, 7) is 11.7. The quantitative estimate of drug-likeness (QED) is 0.0926. The van der Waals surface area contributed by atoms with E-state index >= 15 is 0 Å². The van der Waals surface area contributed by atoms with Crippen LogP contribution in [-0.2, 0) is 36.8 Å². The van der Waals surface area contributed by atoms with Crippen molar-refractivity contribution in [2.24, 2.45) is 0 Å². The molecule has 0 radical (unpaired) electrons. The average Bonchev–Trinajstić information content (AvgIpc) is 3.32. The van der Waals surface area contributed by atoms with Crippen molar-refractivity contribution < 1.29 is 23.9 Å². The van der Waals surface area contributed by atoms with Crippen molar-refractivity contribution in [3.05, 3.63) is 56.0 Å². The largest absolute Gasteiger partial charge is 0.465 e. The monoisotopic (exact) mass is 583 g/mol. The number of amides is 1. The first-order chi connectivity index (χ1) is 18.3. The maximum Gasteiger partial charge on any atom is 0.344 e. The number of thioether (sulfide) groups is 2. The van der Waals surface area contributed by atoms with E-state index < -0.39 is 11.9 Å². The molecule has 0 spiro atoms. The van der Waals surface area contributed by atoms with E-state index in [9.17, 15) is 19.2 Å². The number of hydrogen-bond acceptors (Lipinski definition) is 10. The number of carbonyl (C=O) groups excluding carboxylic acids is 3. The summed E-state index contributed by atoms with van der Waals surface area (Å²) in [5, 5.41) is 3.76. The number of aryl methyl sites for hydroxylation is 1. The first-order valence-electron chi connectivity index (χ1n) is 11.8. The molecule has 9 nitrogen and oxygen atoms in total. The van der Waals surface area contributed by atoms with Crippen LogP contribution in [0.15, 0.2) is 50.8 Å². The number of hydrogen-bond donors (Lipinski definition) is 1. The third-order valence-electron chi connectivity index (χ3n) is 4.16. The Labute approximate surface area is 236 Å². The van der Waals surface area contributed by atoms with E-state index in [0.717, 1.165) is 47.3 Å². The van der Waals surface area contributed by atoms with E-state index in [0.29, 0.717) is 21.7 Å². The minimum atomic E-state index is -0.577. The van der Waals surface area contributed by atoms with Gasteiger partial charge in [0.2, 0.25) is 5.91 Å². The van der Waals surface area contributed by atoms with Crippen molar-refractivity contribution >= 4 is 63.2 Å². The zero-order valence-corrected chi connectivity index (χ0v) is 25.4. The first kappa shape index (κ1) is 35.3. The van der Waals surface area contributed by atoms with Crippen molar-refractivity contribution in [3.63, 3.8) is 0 Å². The van der Waals surface area contributed by atoms with Crippen molar-refractivity contribution in [2.75, 3.05) is 27.1 Å². The average molecular weight is 584 g/mol. The normalized spacial score (nSPS) is 11.0. The number of nitrogens with zero attached hydrogens (tertiary/aromatic N) is 2. The van der Waals surface area contributed by atoms with Gasteiger partial charge in [0.15, 0.2) is 5.16 Å². The van der Waals surface area contributed by atoms with Gasteiger partial charge in [0.05, 0.1) is 28.2 Å². The third kappa shape index (κ3) is 11.4. The van der Waals surface area contributed by atoms with Crippen LogP contribution in [0.1, 0.15) is 39.0 Å². The molecule has 2 rings (SSSR count). The van der Waals surface area contributed by atoms with Gasteiger partial charge in [-0.2, -0.15) is 0 Å². The van der Waals surface area contributed by atoms with Gasteiger partial charge < -0.3 is 14.8 Å². The Kier molecular flexibility index (Phi) is 18.9. The number of methoxy groups -OCH3 is 2. The second kappa shape index (κ2) is 20.3. The number of allylic oxidation sites excluding steroid dienone is 3. The molecular formula is C26H37N3O6S3. The smallest absolute Gasteiger partial charge is 0.344 e. The zero-order valence-electron chi connectivity index (χ0n) is 23.0. The van der Waals surface area contributed by atoms with Crippen LogP contribution in [0, 0.1) is 0 Å². The number of ether oxygens (including phenoxy) is 2. The highest BCUT2D eigenvalue weighted by Crippen LogP contribution is 2.27. The summed E-state index contributed by atoms with van der Waals surface area (Å²) in [5.41, 5.74) is -0.172. The van der Waals surface area contributed by atoms with Crippen LogP contribution >= 0.6 is 34.9 Å². The fraction of sp³-hybridized carbons (Fsp3) is 0.423. The number of rotatable bonds is 12. The summed E-state index contributed by atoms with van der Waals surface area (Å²) in [6.07, 6.45) is 6.63. The van der Waals surface area contributed by atoms with Crippen LogP contribution in [0.4, 0.5) is 0 Å². The van der Waals surface area contributed by atoms with Crippen LogP contribution in [0.2, 0.25) is 0 Å². The van der Waals surface area contributed by atoms with Crippen molar-refractivity contribution in [2.45, 2.75) is 52.2 Å². The maximum absolute atomic E-state index is 13.0. The second-order valence-electron chi connectivity index (χ2n) is 6.94. The number of fused-ring (bicyclic) bond motifs is 1. The third-order valence-corrected chi connectivity index (χ3v) is 7.30. The van der Waals surface area contributed by atoms with E-state index in [-0.39, 0.29) is 27.8 Å². The molecule has 0 saturated heterocycles. The number of aromatic nitrogens is 2. The van der Waals surface area contributed by atoms with Gasteiger partial charge in [-0.25, -0.2) is 9.78 Å². The molecule has 0 aliphatic carbocycles. The molecule has 0 aliphatic rings. The molecule has 0 aromatic carbocycles. The standard InChI is InChI=1S/C22H25N3O5S3.C2H6O.C2H6/c1-5-8-14-12-15-19(32-14)24-22(25(10-6-2)20(15)28)31-13-17(27)23-18(9-11-26)33-16(7-3)21(29)30-4;1-3-2;1-2/h6-7,9,11-12H,2,5,8,10,13H2,1,3-4H3,(H,23,27);1-2H3;1-2H3/b16-7+,18-9+;;. The van der Waals surface area contributed by atoms with Crippen LogP contribution in [0.3, 0.4) is 0 Å². The van der Waals surface area contributed by atoms with E-state index in [4.69, 9.17) is 0 Å². The predicted octanol–water partition coefficient (Wildman–Crippen LogP) is 4.94. The Balaban J connectivity index is 0.00000255. The highest BCUT2D eigenvalue weighted by atomic mass is 32.2. The van der Waals surface area contributed by atoms with Gasteiger partial charge in [-0.1, -0.05) is 62.9 Å². The number of thiophene rings is 1. The van der Waals surface area contributed by atoms with Gasteiger partial charge in [-0.3, -0.25) is 19.0 Å². The van der Waals surface area contributed by atoms with Crippen LogP contribution in [0.25, 0.3) is 10.2 Å². The van der Waals surface area contributed by atoms with E-state index in [1.165, 1.54) is 29.1 Å². The first-order valence-corrected chi connectivity index (χ1v) is 14.5. The molecule has 2 heterocycles. The summed E-state index contributed by atoms with van der Waals surface area (Å²) in [4.78, 5) is 54.8. The van der Waals surface area contributed by atoms with Gasteiger partial charge in [0.1, 0.15) is 11.1 Å². The van der Waals surface area contributed by atoms with Crippen LogP contribution in [0.5, 0.6) is 0 Å². The highest BCUT2D eigenvalue weighted by Gasteiger charge is 2.17. The van der Waals surface area contributed by atoms with Crippen LogP contribution < -0.4 is 10.9 Å². The lowest BCUT2D eigenvalue weighted by Gasteiger charge is -2.12. The van der Waals surface area contributed by atoms with Gasteiger partial charge in [0.25, 0.3) is 5.56 Å². The second-order valence-corrected chi connectivity index (χ2v) is 10.1. The van der Waals surface area contributed by atoms with Crippen molar-refractivity contribution in [3.8, 4) is 0 Å². The fourth-order valence-electron chi connectivity index (χ4n) is 2.72. The lowest BCUT2D eigenvalue weighted by atomic mass is 10.2. The number of aldehydes is 1. The van der Waals surface area contributed by atoms with E-state index in [1.807, 2.05) is 19.9 Å². The molecule has 1 amide bonds. The lowest BCUT2D eigenvalue weighted by molar-refractivity contribution is -0.135. The molecule has 0 fully saturated rings. The predicted molar refractivity (Wildman–Crippen MR) is 159 cm³/mol. The summed E-state index contributed by atoms with van der Waals surface area (Å²) in [7, 11) is 4.50. The molecule has 12 heteroatoms. The van der Waals surface area contributed by atoms with Gasteiger partial charge >= 0.3 is 5.97 Å². The van der Waals surface area contributed by atoms with Crippen molar-refractivity contribution in [1.29, 1.82) is 0 Å².